The molecule has 2 fully saturated rings. The van der Waals surface area contributed by atoms with E-state index in [9.17, 15) is 5.11 Å². The smallest absolute Gasteiger partial charge is 0.220 e. The third kappa shape index (κ3) is 3.79. The lowest BCUT2D eigenvalue weighted by Crippen LogP contribution is -2.18. The molecule has 0 bridgehead atoms. The Morgan fingerprint density at radius 3 is 2.67 bits per heavy atom. The monoisotopic (exact) mass is 403 g/mol. The second-order valence-electron chi connectivity index (χ2n) is 8.97. The van der Waals surface area contributed by atoms with Crippen molar-refractivity contribution in [2.75, 3.05) is 6.61 Å². The van der Waals surface area contributed by atoms with Gasteiger partial charge in [0.05, 0.1) is 18.2 Å². The number of rotatable bonds is 5. The molecule has 2 aliphatic carbocycles. The summed E-state index contributed by atoms with van der Waals surface area (Å²) >= 11 is 0. The van der Waals surface area contributed by atoms with Crippen LogP contribution in [0.4, 0.5) is 0 Å². The zero-order valence-electron chi connectivity index (χ0n) is 17.7. The van der Waals surface area contributed by atoms with Crippen LogP contribution in [0, 0.1) is 18.8 Å². The number of pyridine rings is 1. The van der Waals surface area contributed by atoms with Crippen LogP contribution in [-0.2, 0) is 0 Å². The normalized spacial score (nSPS) is 28.4. The zero-order chi connectivity index (χ0) is 20.7. The summed E-state index contributed by atoms with van der Waals surface area (Å²) in [4.78, 5) is 13.9. The number of hydrogen-bond acceptors (Lipinski definition) is 5. The molecule has 0 aliphatic heterocycles. The van der Waals surface area contributed by atoms with E-state index in [1.54, 1.807) is 0 Å². The number of aliphatic hydroxyl groups excluding tert-OH is 1. The van der Waals surface area contributed by atoms with Crippen LogP contribution in [0.15, 0.2) is 42.6 Å². The molecule has 3 atom stereocenters. The molecule has 0 spiro atoms. The highest BCUT2D eigenvalue weighted by Crippen LogP contribution is 2.53. The van der Waals surface area contributed by atoms with Crippen LogP contribution in [0.1, 0.15) is 61.5 Å². The summed E-state index contributed by atoms with van der Waals surface area (Å²) < 4.78 is 6.29. The van der Waals surface area contributed by atoms with Crippen LogP contribution in [0.25, 0.3) is 10.9 Å². The van der Waals surface area contributed by atoms with Crippen LogP contribution >= 0.6 is 0 Å². The van der Waals surface area contributed by atoms with Gasteiger partial charge in [-0.3, -0.25) is 4.98 Å². The standard InChI is InChI=1S/C25H29N3O2/c1-15-21(24(15)23-12-9-18-5-3-4-6-22(18)28-23)14-30-25-20(13-26-16(2)27-25)17-7-10-19(29)11-8-17/h3-6,9,12-13,15,17,19,21,24,29H,7-8,10-11,14H2,1-2H3. The SMILES string of the molecule is Cc1ncc(C2CCC(O)CC2)c(OCC2C(C)C2c2ccc3ccccc3n2)n1. The number of nitrogens with zero attached hydrogens (tertiary/aromatic N) is 3. The number of para-hydroxylation sites is 1. The maximum Gasteiger partial charge on any atom is 0.220 e. The van der Waals surface area contributed by atoms with E-state index in [0.29, 0.717) is 30.3 Å². The Kier molecular flexibility index (Phi) is 5.15. The van der Waals surface area contributed by atoms with Gasteiger partial charge in [-0.25, -0.2) is 4.98 Å². The average Bonchev–Trinajstić information content (AvgIpc) is 3.42. The van der Waals surface area contributed by atoms with Crippen molar-refractivity contribution in [3.63, 3.8) is 0 Å². The molecule has 30 heavy (non-hydrogen) atoms. The zero-order valence-corrected chi connectivity index (χ0v) is 17.7. The van der Waals surface area contributed by atoms with Crippen LogP contribution < -0.4 is 4.74 Å². The van der Waals surface area contributed by atoms with Gasteiger partial charge in [-0.2, -0.15) is 4.98 Å². The lowest BCUT2D eigenvalue weighted by Gasteiger charge is -2.26. The predicted octanol–water partition coefficient (Wildman–Crippen LogP) is 4.78. The van der Waals surface area contributed by atoms with Crippen molar-refractivity contribution in [2.24, 2.45) is 11.8 Å². The quantitative estimate of drug-likeness (QED) is 0.664. The molecule has 1 N–H and O–H groups in total. The minimum atomic E-state index is -0.167. The number of aliphatic hydroxyl groups is 1. The van der Waals surface area contributed by atoms with Gasteiger partial charge in [-0.15, -0.1) is 0 Å². The summed E-state index contributed by atoms with van der Waals surface area (Å²) in [5.74, 6) is 3.28. The van der Waals surface area contributed by atoms with Crippen molar-refractivity contribution in [3.05, 3.63) is 59.7 Å². The lowest BCUT2D eigenvalue weighted by atomic mass is 9.83. The Morgan fingerprint density at radius 1 is 1.03 bits per heavy atom. The van der Waals surface area contributed by atoms with Gasteiger partial charge in [0.25, 0.3) is 0 Å². The summed E-state index contributed by atoms with van der Waals surface area (Å²) in [5.41, 5.74) is 3.32. The Balaban J connectivity index is 1.30. The summed E-state index contributed by atoms with van der Waals surface area (Å²) in [5, 5.41) is 11.0. The molecule has 2 aliphatic rings. The van der Waals surface area contributed by atoms with Gasteiger partial charge in [0, 0.05) is 34.7 Å². The highest BCUT2D eigenvalue weighted by atomic mass is 16.5. The number of aryl methyl sites for hydroxylation is 1. The number of hydrogen-bond donors (Lipinski definition) is 1. The second kappa shape index (κ2) is 7.95. The van der Waals surface area contributed by atoms with Gasteiger partial charge >= 0.3 is 0 Å². The van der Waals surface area contributed by atoms with E-state index in [1.165, 1.54) is 5.39 Å². The van der Waals surface area contributed by atoms with E-state index < -0.39 is 0 Å². The highest BCUT2D eigenvalue weighted by Gasteiger charge is 2.49. The molecule has 2 saturated carbocycles. The van der Waals surface area contributed by atoms with Crippen molar-refractivity contribution in [2.45, 2.75) is 57.5 Å². The van der Waals surface area contributed by atoms with Crippen LogP contribution in [0.5, 0.6) is 5.88 Å². The van der Waals surface area contributed by atoms with Crippen molar-refractivity contribution in [1.82, 2.24) is 15.0 Å². The van der Waals surface area contributed by atoms with Crippen LogP contribution in [0.2, 0.25) is 0 Å². The molecule has 5 rings (SSSR count). The van der Waals surface area contributed by atoms with Crippen molar-refractivity contribution in [1.29, 1.82) is 0 Å². The molecule has 0 saturated heterocycles. The predicted molar refractivity (Wildman–Crippen MR) is 117 cm³/mol. The highest BCUT2D eigenvalue weighted by molar-refractivity contribution is 5.78. The fourth-order valence-electron chi connectivity index (χ4n) is 4.97. The molecule has 2 aromatic heterocycles. The topological polar surface area (TPSA) is 68.1 Å². The summed E-state index contributed by atoms with van der Waals surface area (Å²) in [7, 11) is 0. The fraction of sp³-hybridized carbons (Fsp3) is 0.480. The van der Waals surface area contributed by atoms with Gasteiger partial charge in [-0.05, 0) is 56.6 Å². The molecule has 3 aromatic rings. The molecule has 0 amide bonds. The summed E-state index contributed by atoms with van der Waals surface area (Å²) in [6.07, 6.45) is 5.37. The van der Waals surface area contributed by atoms with E-state index in [2.05, 4.69) is 41.2 Å². The lowest BCUT2D eigenvalue weighted by molar-refractivity contribution is 0.121. The first-order valence-corrected chi connectivity index (χ1v) is 11.1. The largest absolute Gasteiger partial charge is 0.477 e. The fourth-order valence-corrected chi connectivity index (χ4v) is 4.97. The van der Waals surface area contributed by atoms with E-state index in [-0.39, 0.29) is 6.10 Å². The Morgan fingerprint density at radius 2 is 1.83 bits per heavy atom. The minimum absolute atomic E-state index is 0.167. The Labute approximate surface area is 177 Å². The third-order valence-corrected chi connectivity index (χ3v) is 6.97. The first kappa shape index (κ1) is 19.4. The van der Waals surface area contributed by atoms with Gasteiger partial charge in [0.1, 0.15) is 5.82 Å². The Bertz CT molecular complexity index is 1050. The van der Waals surface area contributed by atoms with E-state index in [0.717, 1.165) is 54.2 Å². The van der Waals surface area contributed by atoms with Gasteiger partial charge in [-0.1, -0.05) is 31.2 Å². The van der Waals surface area contributed by atoms with Gasteiger partial charge in [0.2, 0.25) is 5.88 Å². The Hall–Kier alpha value is -2.53. The molecule has 0 radical (unpaired) electrons. The van der Waals surface area contributed by atoms with Gasteiger partial charge in [0.15, 0.2) is 0 Å². The average molecular weight is 404 g/mol. The molecule has 156 valence electrons. The van der Waals surface area contributed by atoms with Crippen LogP contribution in [0.3, 0.4) is 0 Å². The summed E-state index contributed by atoms with van der Waals surface area (Å²) in [6, 6.07) is 12.6. The third-order valence-electron chi connectivity index (χ3n) is 6.97. The number of benzene rings is 1. The molecule has 5 heteroatoms. The van der Waals surface area contributed by atoms with Crippen molar-refractivity contribution >= 4 is 10.9 Å². The van der Waals surface area contributed by atoms with E-state index >= 15 is 0 Å². The second-order valence-corrected chi connectivity index (χ2v) is 8.97. The first-order chi connectivity index (χ1) is 14.6. The first-order valence-electron chi connectivity index (χ1n) is 11.1. The molecule has 2 heterocycles. The van der Waals surface area contributed by atoms with Gasteiger partial charge < -0.3 is 9.84 Å². The maximum absolute atomic E-state index is 9.84. The molecular weight excluding hydrogens is 374 g/mol. The maximum atomic E-state index is 9.84. The number of aromatic nitrogens is 3. The summed E-state index contributed by atoms with van der Waals surface area (Å²) in [6.45, 7) is 4.84. The van der Waals surface area contributed by atoms with Crippen LogP contribution in [-0.4, -0.2) is 32.8 Å². The molecular formula is C25H29N3O2. The minimum Gasteiger partial charge on any atom is -0.477 e. The number of ether oxygens (including phenoxy) is 1. The molecule has 3 unspecified atom stereocenters. The van der Waals surface area contributed by atoms with Crippen molar-refractivity contribution in [3.8, 4) is 5.88 Å². The van der Waals surface area contributed by atoms with Crippen molar-refractivity contribution < 1.29 is 9.84 Å². The van der Waals surface area contributed by atoms with E-state index in [1.807, 2.05) is 25.3 Å². The molecule has 5 nitrogen and oxygen atoms in total. The number of fused-ring (bicyclic) bond motifs is 1. The van der Waals surface area contributed by atoms with E-state index in [4.69, 9.17) is 9.72 Å². The molecule has 1 aromatic carbocycles.